The third-order valence-electron chi connectivity index (χ3n) is 8.02. The van der Waals surface area contributed by atoms with Gasteiger partial charge in [0.25, 0.3) is 10.0 Å². The lowest BCUT2D eigenvalue weighted by molar-refractivity contribution is 0.0185. The van der Waals surface area contributed by atoms with Crippen molar-refractivity contribution < 1.29 is 27.1 Å². The fourth-order valence-corrected chi connectivity index (χ4v) is 6.68. The number of benzene rings is 2. The van der Waals surface area contributed by atoms with Crippen molar-refractivity contribution in [2.75, 3.05) is 30.2 Å². The number of aromatic nitrogens is 4. The van der Waals surface area contributed by atoms with E-state index < -0.39 is 15.6 Å². The second-order valence-corrected chi connectivity index (χ2v) is 16.0. The lowest BCUT2D eigenvalue weighted by Gasteiger charge is -2.33. The lowest BCUT2D eigenvalue weighted by atomic mass is 10.1. The van der Waals surface area contributed by atoms with E-state index >= 15 is 0 Å². The van der Waals surface area contributed by atoms with Crippen molar-refractivity contribution in [1.82, 2.24) is 24.6 Å². The summed E-state index contributed by atoms with van der Waals surface area (Å²) < 4.78 is 47.6. The zero-order valence-corrected chi connectivity index (χ0v) is 30.2. The van der Waals surface area contributed by atoms with Gasteiger partial charge >= 0.3 is 6.09 Å². The van der Waals surface area contributed by atoms with Gasteiger partial charge in [-0.15, -0.1) is 0 Å². The zero-order chi connectivity index (χ0) is 35.8. The number of oxazole rings is 1. The molecule has 0 unspecified atom stereocenters. The average Bonchev–Trinajstić information content (AvgIpc) is 3.71. The number of carbonyl (C=O) groups is 1. The van der Waals surface area contributed by atoms with Crippen LogP contribution >= 0.6 is 0 Å². The molecule has 5 aromatic rings. The number of methoxy groups -OCH3 is 1. The van der Waals surface area contributed by atoms with Crippen LogP contribution in [0, 0.1) is 0 Å². The minimum atomic E-state index is -3.85. The first-order chi connectivity index (χ1) is 23.6. The van der Waals surface area contributed by atoms with Crippen molar-refractivity contribution in [2.24, 2.45) is 0 Å². The van der Waals surface area contributed by atoms with Crippen LogP contribution in [0.25, 0.3) is 33.8 Å². The van der Waals surface area contributed by atoms with Crippen molar-refractivity contribution in [2.45, 2.75) is 76.5 Å². The van der Waals surface area contributed by atoms with E-state index in [0.717, 1.165) is 24.1 Å². The van der Waals surface area contributed by atoms with Gasteiger partial charge in [0, 0.05) is 42.7 Å². The molecule has 264 valence electrons. The highest BCUT2D eigenvalue weighted by atomic mass is 32.2. The summed E-state index contributed by atoms with van der Waals surface area (Å²) in [6.07, 6.45) is 4.96. The number of anilines is 2. The molecule has 3 aromatic heterocycles. The first-order valence-electron chi connectivity index (χ1n) is 16.5. The molecule has 1 amide bonds. The summed E-state index contributed by atoms with van der Waals surface area (Å²) in [6, 6.07) is 15.1. The maximum Gasteiger partial charge on any atom is 0.410 e. The largest absolute Gasteiger partial charge is 0.497 e. The van der Waals surface area contributed by atoms with Crippen molar-refractivity contribution in [1.29, 1.82) is 0 Å². The monoisotopic (exact) mass is 701 g/mol. The maximum atomic E-state index is 13.1. The predicted molar refractivity (Wildman–Crippen MR) is 192 cm³/mol. The molecule has 0 saturated carbocycles. The standard InChI is InChI=1S/C36H43N7O6S/c1-35(2,3)39-32-28(33-38-30-13-8-24(21-31(30)48-33)41-50(45,46)27-11-9-26(47-7)10-12-27)20-23(22-37-32)29-16-19-43(40-29)25-14-17-42(18-15-25)34(44)49-36(4,5)6/h8-13,16,19-22,25,41H,14-15,17-18H2,1-7H3,(H,37,39). The number of rotatable bonds is 8. The molecule has 13 nitrogen and oxygen atoms in total. The normalized spacial score (nSPS) is 14.5. The van der Waals surface area contributed by atoms with Crippen molar-refractivity contribution in [3.05, 3.63) is 67.0 Å². The van der Waals surface area contributed by atoms with Gasteiger partial charge in [0.05, 0.1) is 35.0 Å². The molecule has 4 heterocycles. The number of amides is 1. The molecule has 2 N–H and O–H groups in total. The highest BCUT2D eigenvalue weighted by Crippen LogP contribution is 2.35. The fraction of sp³-hybridized carbons (Fsp3) is 0.389. The Balaban J connectivity index is 1.24. The summed E-state index contributed by atoms with van der Waals surface area (Å²) in [6.45, 7) is 12.9. The van der Waals surface area contributed by atoms with E-state index in [1.165, 1.54) is 19.2 Å². The quantitative estimate of drug-likeness (QED) is 0.168. The number of likely N-dealkylation sites (tertiary alicyclic amines) is 1. The van der Waals surface area contributed by atoms with Crippen molar-refractivity contribution in [3.63, 3.8) is 0 Å². The number of nitrogens with zero attached hydrogens (tertiary/aromatic N) is 5. The smallest absolute Gasteiger partial charge is 0.410 e. The molecule has 1 saturated heterocycles. The highest BCUT2D eigenvalue weighted by molar-refractivity contribution is 7.92. The van der Waals surface area contributed by atoms with E-state index in [0.29, 0.717) is 52.9 Å². The second kappa shape index (κ2) is 13.3. The molecule has 0 aliphatic carbocycles. The van der Waals surface area contributed by atoms with E-state index in [1.54, 1.807) is 41.4 Å². The van der Waals surface area contributed by atoms with Crippen molar-refractivity contribution >= 4 is 38.7 Å². The molecule has 50 heavy (non-hydrogen) atoms. The van der Waals surface area contributed by atoms with Crippen LogP contribution in [-0.2, 0) is 14.8 Å². The molecule has 6 rings (SSSR count). The number of ether oxygens (including phenoxy) is 2. The van der Waals surface area contributed by atoms with Crippen LogP contribution < -0.4 is 14.8 Å². The Morgan fingerprint density at radius 2 is 1.70 bits per heavy atom. The van der Waals surface area contributed by atoms with Gasteiger partial charge in [-0.3, -0.25) is 9.40 Å². The zero-order valence-electron chi connectivity index (χ0n) is 29.4. The topological polar surface area (TPSA) is 154 Å². The molecule has 0 atom stereocenters. The fourth-order valence-electron chi connectivity index (χ4n) is 5.63. The molecule has 1 aliphatic heterocycles. The SMILES string of the molecule is COc1ccc(S(=O)(=O)Nc2ccc3nc(-c4cc(-c5ccn(C6CCN(C(=O)OC(C)(C)C)CC6)n5)cnc4NC(C)(C)C)oc3c2)cc1. The summed E-state index contributed by atoms with van der Waals surface area (Å²) in [4.78, 5) is 23.9. The number of pyridine rings is 1. The van der Waals surface area contributed by atoms with Crippen molar-refractivity contribution in [3.8, 4) is 28.5 Å². The van der Waals surface area contributed by atoms with Gasteiger partial charge in [-0.25, -0.2) is 23.2 Å². The Labute approximate surface area is 292 Å². The van der Waals surface area contributed by atoms with Gasteiger partial charge in [-0.1, -0.05) is 0 Å². The third-order valence-corrected chi connectivity index (χ3v) is 9.41. The highest BCUT2D eigenvalue weighted by Gasteiger charge is 2.28. The number of hydrogen-bond donors (Lipinski definition) is 2. The van der Waals surface area contributed by atoms with Gasteiger partial charge < -0.3 is 24.1 Å². The molecule has 2 aromatic carbocycles. The van der Waals surface area contributed by atoms with E-state index in [1.807, 2.05) is 64.6 Å². The van der Waals surface area contributed by atoms with Gasteiger partial charge in [0.2, 0.25) is 5.89 Å². The van der Waals surface area contributed by atoms with E-state index in [2.05, 4.69) is 10.0 Å². The minimum Gasteiger partial charge on any atom is -0.497 e. The average molecular weight is 702 g/mol. The van der Waals surface area contributed by atoms with Crippen LogP contribution in [-0.4, -0.2) is 70.5 Å². The van der Waals surface area contributed by atoms with Gasteiger partial charge in [0.15, 0.2) is 5.58 Å². The first kappa shape index (κ1) is 34.7. The Morgan fingerprint density at radius 1 is 0.980 bits per heavy atom. The predicted octanol–water partition coefficient (Wildman–Crippen LogP) is 7.35. The Kier molecular flexibility index (Phi) is 9.25. The first-order valence-corrected chi connectivity index (χ1v) is 17.9. The Hall–Kier alpha value is -5.11. The summed E-state index contributed by atoms with van der Waals surface area (Å²) in [5.74, 6) is 1.47. The van der Waals surface area contributed by atoms with Gasteiger partial charge in [-0.05, 0) is 103 Å². The molecular formula is C36H43N7O6S. The number of nitrogens with one attached hydrogen (secondary N) is 2. The van der Waals surface area contributed by atoms with E-state index in [-0.39, 0.29) is 22.6 Å². The van der Waals surface area contributed by atoms with Crippen LogP contribution in [0.5, 0.6) is 5.75 Å². The summed E-state index contributed by atoms with van der Waals surface area (Å²) >= 11 is 0. The van der Waals surface area contributed by atoms with Gasteiger partial charge in [-0.2, -0.15) is 5.10 Å². The van der Waals surface area contributed by atoms with Crippen LogP contribution in [0.4, 0.5) is 16.3 Å². The Bertz CT molecular complexity index is 2100. The van der Waals surface area contributed by atoms with Crippen LogP contribution in [0.15, 0.2) is 76.3 Å². The minimum absolute atomic E-state index is 0.103. The second-order valence-electron chi connectivity index (χ2n) is 14.4. The van der Waals surface area contributed by atoms with Crippen LogP contribution in [0.3, 0.4) is 0 Å². The molecule has 0 bridgehead atoms. The number of piperidine rings is 1. The Morgan fingerprint density at radius 3 is 2.36 bits per heavy atom. The summed E-state index contributed by atoms with van der Waals surface area (Å²) in [5.41, 5.74) is 2.60. The molecule has 0 spiro atoms. The molecular weight excluding hydrogens is 659 g/mol. The third kappa shape index (κ3) is 8.02. The van der Waals surface area contributed by atoms with Gasteiger partial charge in [0.1, 0.15) is 22.7 Å². The maximum absolute atomic E-state index is 13.1. The number of fused-ring (bicyclic) bond motifs is 1. The number of hydrogen-bond acceptors (Lipinski definition) is 10. The number of carbonyl (C=O) groups excluding carboxylic acids is 1. The number of sulfonamides is 1. The molecule has 0 radical (unpaired) electrons. The van der Waals surface area contributed by atoms with E-state index in [9.17, 15) is 13.2 Å². The summed E-state index contributed by atoms with van der Waals surface area (Å²) in [5, 5.41) is 8.34. The molecule has 1 fully saturated rings. The lowest BCUT2D eigenvalue weighted by Crippen LogP contribution is -2.42. The molecule has 14 heteroatoms. The van der Waals surface area contributed by atoms with E-state index in [4.69, 9.17) is 29.0 Å². The van der Waals surface area contributed by atoms with Crippen LogP contribution in [0.2, 0.25) is 0 Å². The summed E-state index contributed by atoms with van der Waals surface area (Å²) in [7, 11) is -2.33. The van der Waals surface area contributed by atoms with Crippen LogP contribution in [0.1, 0.15) is 60.4 Å². The molecule has 1 aliphatic rings.